The Morgan fingerprint density at radius 3 is 2.54 bits per heavy atom. The highest BCUT2D eigenvalue weighted by atomic mass is 16.5. The predicted octanol–water partition coefficient (Wildman–Crippen LogP) is 1.91. The molecule has 0 radical (unpaired) electrons. The van der Waals surface area contributed by atoms with Crippen LogP contribution in [0, 0.1) is 0 Å². The molecule has 0 unspecified atom stereocenters. The Morgan fingerprint density at radius 2 is 1.89 bits per heavy atom. The van der Waals surface area contributed by atoms with Crippen LogP contribution in [-0.4, -0.2) is 52.3 Å². The van der Waals surface area contributed by atoms with Gasteiger partial charge >= 0.3 is 5.97 Å². The molecule has 0 saturated heterocycles. The molecule has 0 aliphatic carbocycles. The molecule has 1 heterocycles. The minimum atomic E-state index is -0.960. The summed E-state index contributed by atoms with van der Waals surface area (Å²) in [6, 6.07) is 14.0. The van der Waals surface area contributed by atoms with Gasteiger partial charge in [0.15, 0.2) is 6.10 Å². The van der Waals surface area contributed by atoms with Gasteiger partial charge in [-0.15, -0.1) is 5.10 Å². The number of rotatable bonds is 6. The normalized spacial score (nSPS) is 11.5. The molecular weight excluding hydrogens is 360 g/mol. The monoisotopic (exact) mass is 380 g/mol. The first-order chi connectivity index (χ1) is 13.4. The summed E-state index contributed by atoms with van der Waals surface area (Å²) >= 11 is 0. The lowest BCUT2D eigenvalue weighted by Crippen LogP contribution is -2.30. The maximum atomic E-state index is 12.4. The third-order valence-electron chi connectivity index (χ3n) is 4.00. The second-order valence-electron chi connectivity index (χ2n) is 6.28. The van der Waals surface area contributed by atoms with Crippen LogP contribution in [0.15, 0.2) is 54.9 Å². The van der Waals surface area contributed by atoms with Gasteiger partial charge in [-0.25, -0.2) is 9.48 Å². The van der Waals surface area contributed by atoms with Crippen molar-refractivity contribution < 1.29 is 14.3 Å². The van der Waals surface area contributed by atoms with Crippen molar-refractivity contribution in [1.82, 2.24) is 20.2 Å². The number of hydrogen-bond donors (Lipinski definition) is 1. The number of anilines is 2. The molecule has 1 N–H and O–H groups in total. The van der Waals surface area contributed by atoms with Crippen LogP contribution in [0.4, 0.5) is 11.4 Å². The summed E-state index contributed by atoms with van der Waals surface area (Å²) in [4.78, 5) is 26.7. The van der Waals surface area contributed by atoms with E-state index >= 15 is 0 Å². The predicted molar refractivity (Wildman–Crippen MR) is 103 cm³/mol. The molecule has 0 saturated carbocycles. The Hall–Kier alpha value is -3.75. The molecule has 2 aromatic carbocycles. The first kappa shape index (κ1) is 19.0. The quantitative estimate of drug-likeness (QED) is 0.652. The third-order valence-corrected chi connectivity index (χ3v) is 4.00. The summed E-state index contributed by atoms with van der Waals surface area (Å²) in [6.45, 7) is 1.52. The SMILES string of the molecule is C[C@@H](OC(=O)c1cccc(-n2cnnn2)c1)C(=O)Nc1ccc(N(C)C)cc1. The van der Waals surface area contributed by atoms with E-state index in [2.05, 4.69) is 20.8 Å². The van der Waals surface area contributed by atoms with E-state index in [1.165, 1.54) is 17.9 Å². The number of aromatic nitrogens is 4. The highest BCUT2D eigenvalue weighted by Crippen LogP contribution is 2.16. The molecule has 0 fully saturated rings. The Balaban J connectivity index is 1.62. The fourth-order valence-corrected chi connectivity index (χ4v) is 2.42. The van der Waals surface area contributed by atoms with Crippen LogP contribution in [0.2, 0.25) is 0 Å². The largest absolute Gasteiger partial charge is 0.449 e. The second kappa shape index (κ2) is 8.30. The van der Waals surface area contributed by atoms with E-state index in [1.54, 1.807) is 36.4 Å². The molecule has 0 bridgehead atoms. The highest BCUT2D eigenvalue weighted by Gasteiger charge is 2.19. The van der Waals surface area contributed by atoms with Crippen LogP contribution in [-0.2, 0) is 9.53 Å². The van der Waals surface area contributed by atoms with E-state index in [0.717, 1.165) is 5.69 Å². The molecule has 9 nitrogen and oxygen atoms in total. The number of amides is 1. The summed E-state index contributed by atoms with van der Waals surface area (Å²) in [5.74, 6) is -1.02. The van der Waals surface area contributed by atoms with Crippen molar-refractivity contribution in [2.75, 3.05) is 24.3 Å². The molecule has 0 spiro atoms. The van der Waals surface area contributed by atoms with Crippen LogP contribution < -0.4 is 10.2 Å². The van der Waals surface area contributed by atoms with Crippen LogP contribution in [0.1, 0.15) is 17.3 Å². The van der Waals surface area contributed by atoms with Crippen molar-refractivity contribution in [2.45, 2.75) is 13.0 Å². The number of nitrogens with zero attached hydrogens (tertiary/aromatic N) is 5. The minimum Gasteiger partial charge on any atom is -0.449 e. The molecule has 3 aromatic rings. The van der Waals surface area contributed by atoms with E-state index in [-0.39, 0.29) is 0 Å². The van der Waals surface area contributed by atoms with Crippen molar-refractivity contribution in [3.05, 3.63) is 60.4 Å². The Morgan fingerprint density at radius 1 is 1.14 bits per heavy atom. The molecule has 28 heavy (non-hydrogen) atoms. The van der Waals surface area contributed by atoms with Crippen LogP contribution in [0.25, 0.3) is 5.69 Å². The average molecular weight is 380 g/mol. The molecular formula is C19H20N6O3. The number of nitrogens with one attached hydrogen (secondary N) is 1. The van der Waals surface area contributed by atoms with Crippen LogP contribution >= 0.6 is 0 Å². The van der Waals surface area contributed by atoms with Gasteiger partial charge in [-0.05, 0) is 59.8 Å². The number of ether oxygens (including phenoxy) is 1. The summed E-state index contributed by atoms with van der Waals surface area (Å²) < 4.78 is 6.71. The zero-order chi connectivity index (χ0) is 20.1. The number of carbonyl (C=O) groups excluding carboxylic acids is 2. The number of carbonyl (C=O) groups is 2. The second-order valence-corrected chi connectivity index (χ2v) is 6.28. The summed E-state index contributed by atoms with van der Waals surface area (Å²) in [6.07, 6.45) is 0.458. The fourth-order valence-electron chi connectivity index (χ4n) is 2.42. The number of tetrazole rings is 1. The van der Waals surface area contributed by atoms with E-state index in [9.17, 15) is 9.59 Å². The zero-order valence-electron chi connectivity index (χ0n) is 15.7. The zero-order valence-corrected chi connectivity index (χ0v) is 15.7. The maximum Gasteiger partial charge on any atom is 0.338 e. The Labute approximate surface area is 161 Å². The summed E-state index contributed by atoms with van der Waals surface area (Å²) in [7, 11) is 3.87. The van der Waals surface area contributed by atoms with Gasteiger partial charge in [-0.2, -0.15) is 0 Å². The molecule has 1 aromatic heterocycles. The van der Waals surface area contributed by atoms with Crippen LogP contribution in [0.5, 0.6) is 0 Å². The fraction of sp³-hybridized carbons (Fsp3) is 0.211. The first-order valence-corrected chi connectivity index (χ1v) is 8.56. The molecule has 144 valence electrons. The van der Waals surface area contributed by atoms with Crippen molar-refractivity contribution in [3.8, 4) is 5.69 Å². The minimum absolute atomic E-state index is 0.294. The average Bonchev–Trinajstić information content (AvgIpc) is 3.23. The van der Waals surface area contributed by atoms with Crippen molar-refractivity contribution in [3.63, 3.8) is 0 Å². The number of benzene rings is 2. The lowest BCUT2D eigenvalue weighted by molar-refractivity contribution is -0.123. The Bertz CT molecular complexity index is 954. The van der Waals surface area contributed by atoms with E-state index in [4.69, 9.17) is 4.74 Å². The van der Waals surface area contributed by atoms with Crippen LogP contribution in [0.3, 0.4) is 0 Å². The molecule has 3 rings (SSSR count). The third kappa shape index (κ3) is 4.50. The van der Waals surface area contributed by atoms with Gasteiger partial charge in [0, 0.05) is 25.5 Å². The van der Waals surface area contributed by atoms with Gasteiger partial charge in [-0.1, -0.05) is 6.07 Å². The van der Waals surface area contributed by atoms with E-state index in [1.807, 2.05) is 31.1 Å². The van der Waals surface area contributed by atoms with Gasteiger partial charge < -0.3 is 15.0 Å². The summed E-state index contributed by atoms with van der Waals surface area (Å²) in [5, 5.41) is 13.6. The molecule has 1 atom stereocenters. The number of esters is 1. The lowest BCUT2D eigenvalue weighted by atomic mass is 10.2. The molecule has 9 heteroatoms. The van der Waals surface area contributed by atoms with Gasteiger partial charge in [0.25, 0.3) is 5.91 Å². The van der Waals surface area contributed by atoms with Crippen molar-refractivity contribution in [2.24, 2.45) is 0 Å². The van der Waals surface area contributed by atoms with Gasteiger partial charge in [0.2, 0.25) is 0 Å². The topological polar surface area (TPSA) is 102 Å². The summed E-state index contributed by atoms with van der Waals surface area (Å²) in [5.41, 5.74) is 2.54. The maximum absolute atomic E-state index is 12.4. The van der Waals surface area contributed by atoms with Gasteiger partial charge in [-0.3, -0.25) is 4.79 Å². The Kier molecular flexibility index (Phi) is 5.64. The van der Waals surface area contributed by atoms with Crippen molar-refractivity contribution >= 4 is 23.3 Å². The first-order valence-electron chi connectivity index (χ1n) is 8.56. The highest BCUT2D eigenvalue weighted by molar-refractivity contribution is 5.97. The lowest BCUT2D eigenvalue weighted by Gasteiger charge is -2.15. The van der Waals surface area contributed by atoms with Gasteiger partial charge in [0.05, 0.1) is 11.3 Å². The molecule has 0 aliphatic rings. The van der Waals surface area contributed by atoms with Crippen molar-refractivity contribution in [1.29, 1.82) is 0 Å². The number of hydrogen-bond acceptors (Lipinski definition) is 7. The smallest absolute Gasteiger partial charge is 0.338 e. The van der Waals surface area contributed by atoms with Gasteiger partial charge in [0.1, 0.15) is 6.33 Å². The standard InChI is InChI=1S/C19H20N6O3/c1-13(18(26)21-15-7-9-16(10-8-15)24(2)3)28-19(27)14-5-4-6-17(11-14)25-12-20-22-23-25/h4-13H,1-3H3,(H,21,26)/t13-/m1/s1. The van der Waals surface area contributed by atoms with E-state index < -0.39 is 18.0 Å². The molecule has 0 aliphatic heterocycles. The van der Waals surface area contributed by atoms with E-state index in [0.29, 0.717) is 16.9 Å². The molecule has 1 amide bonds.